The molecule has 1 aromatic heterocycles. The molecular weight excluding hydrogens is 442 g/mol. The van der Waals surface area contributed by atoms with E-state index in [-0.39, 0.29) is 17.1 Å². The van der Waals surface area contributed by atoms with E-state index in [0.717, 1.165) is 16.7 Å². The number of aryl methyl sites for hydroxylation is 2. The minimum Gasteiger partial charge on any atom is -0.497 e. The molecule has 1 aliphatic heterocycles. The number of carbonyl (C=O) groups excluding carboxylic acids is 1. The van der Waals surface area contributed by atoms with Crippen LogP contribution < -0.4 is 19.8 Å². The first-order valence-corrected chi connectivity index (χ1v) is 11.3. The second-order valence-corrected chi connectivity index (χ2v) is 8.56. The van der Waals surface area contributed by atoms with Crippen molar-refractivity contribution in [1.82, 2.24) is 0 Å². The van der Waals surface area contributed by atoms with Gasteiger partial charge in [-0.15, -0.1) is 0 Å². The lowest BCUT2D eigenvalue weighted by molar-refractivity contribution is 0.0971. The number of fused-ring (bicyclic) bond motifs is 2. The third-order valence-corrected chi connectivity index (χ3v) is 6.36. The SMILES string of the molecule is C=CCOc1cccc(C2c3c(oc4cc(C)c(C)cc4c3=O)C(=O)N2c2cccc(OC)c2)c1. The van der Waals surface area contributed by atoms with E-state index in [1.807, 2.05) is 62.4 Å². The number of anilines is 1. The summed E-state index contributed by atoms with van der Waals surface area (Å²) in [4.78, 5) is 29.2. The van der Waals surface area contributed by atoms with Gasteiger partial charge in [-0.2, -0.15) is 0 Å². The fraction of sp³-hybridized carbons (Fsp3) is 0.172. The molecule has 4 aromatic rings. The van der Waals surface area contributed by atoms with E-state index in [1.165, 1.54) is 0 Å². The van der Waals surface area contributed by atoms with Crippen LogP contribution in [0.1, 0.15) is 38.9 Å². The molecule has 1 amide bonds. The van der Waals surface area contributed by atoms with Gasteiger partial charge in [-0.3, -0.25) is 14.5 Å². The third-order valence-electron chi connectivity index (χ3n) is 6.36. The first kappa shape index (κ1) is 22.5. The summed E-state index contributed by atoms with van der Waals surface area (Å²) < 4.78 is 17.2. The van der Waals surface area contributed by atoms with E-state index in [9.17, 15) is 9.59 Å². The largest absolute Gasteiger partial charge is 0.497 e. The molecule has 0 radical (unpaired) electrons. The van der Waals surface area contributed by atoms with Crippen molar-refractivity contribution < 1.29 is 18.7 Å². The van der Waals surface area contributed by atoms with Crippen molar-refractivity contribution in [2.24, 2.45) is 0 Å². The molecule has 2 heterocycles. The minimum absolute atomic E-state index is 0.0518. The summed E-state index contributed by atoms with van der Waals surface area (Å²) in [5, 5.41) is 0.455. The predicted octanol–water partition coefficient (Wildman–Crippen LogP) is 5.73. The molecule has 3 aromatic carbocycles. The third kappa shape index (κ3) is 3.77. The Morgan fingerprint density at radius 3 is 2.51 bits per heavy atom. The van der Waals surface area contributed by atoms with Crippen molar-refractivity contribution in [3.05, 3.63) is 112 Å². The summed E-state index contributed by atoms with van der Waals surface area (Å²) in [6.45, 7) is 7.94. The van der Waals surface area contributed by atoms with E-state index in [2.05, 4.69) is 6.58 Å². The maximum Gasteiger partial charge on any atom is 0.295 e. The Balaban J connectivity index is 1.78. The predicted molar refractivity (Wildman–Crippen MR) is 136 cm³/mol. The first-order valence-electron chi connectivity index (χ1n) is 11.3. The van der Waals surface area contributed by atoms with Crippen LogP contribution in [0.15, 0.2) is 82.5 Å². The van der Waals surface area contributed by atoms with Crippen molar-refractivity contribution in [1.29, 1.82) is 0 Å². The summed E-state index contributed by atoms with van der Waals surface area (Å²) in [5.74, 6) is 0.887. The zero-order valence-corrected chi connectivity index (χ0v) is 19.8. The van der Waals surface area contributed by atoms with Gasteiger partial charge in [-0.1, -0.05) is 30.9 Å². The van der Waals surface area contributed by atoms with Gasteiger partial charge in [0.05, 0.1) is 24.1 Å². The normalized spacial score (nSPS) is 14.8. The van der Waals surface area contributed by atoms with Gasteiger partial charge in [0, 0.05) is 11.8 Å². The molecule has 0 bridgehead atoms. The average Bonchev–Trinajstić information content (AvgIpc) is 3.16. The van der Waals surface area contributed by atoms with Gasteiger partial charge in [-0.05, 0) is 66.9 Å². The van der Waals surface area contributed by atoms with Gasteiger partial charge in [0.15, 0.2) is 5.43 Å². The number of ether oxygens (including phenoxy) is 2. The topological polar surface area (TPSA) is 69.0 Å². The lowest BCUT2D eigenvalue weighted by atomic mass is 9.97. The van der Waals surface area contributed by atoms with Gasteiger partial charge in [-0.25, -0.2) is 0 Å². The average molecular weight is 468 g/mol. The maximum absolute atomic E-state index is 13.9. The molecule has 1 unspecified atom stereocenters. The second-order valence-electron chi connectivity index (χ2n) is 8.56. The van der Waals surface area contributed by atoms with E-state index in [1.54, 1.807) is 30.2 Å². The Morgan fingerprint density at radius 2 is 1.74 bits per heavy atom. The number of rotatable bonds is 6. The lowest BCUT2D eigenvalue weighted by Crippen LogP contribution is -2.29. The molecule has 0 fully saturated rings. The van der Waals surface area contributed by atoms with Crippen molar-refractivity contribution in [2.45, 2.75) is 19.9 Å². The highest BCUT2D eigenvalue weighted by Crippen LogP contribution is 2.42. The Bertz CT molecular complexity index is 1530. The van der Waals surface area contributed by atoms with Crippen LogP contribution in [0.4, 0.5) is 5.69 Å². The van der Waals surface area contributed by atoms with E-state index in [4.69, 9.17) is 13.9 Å². The molecule has 6 nitrogen and oxygen atoms in total. The molecule has 1 aliphatic rings. The minimum atomic E-state index is -0.695. The molecule has 0 saturated heterocycles. The first-order chi connectivity index (χ1) is 16.9. The van der Waals surface area contributed by atoms with E-state index < -0.39 is 6.04 Å². The van der Waals surface area contributed by atoms with Crippen molar-refractivity contribution in [2.75, 3.05) is 18.6 Å². The van der Waals surface area contributed by atoms with Gasteiger partial charge < -0.3 is 13.9 Å². The molecule has 5 rings (SSSR count). The van der Waals surface area contributed by atoms with Gasteiger partial charge in [0.1, 0.15) is 23.7 Å². The van der Waals surface area contributed by atoms with Crippen LogP contribution in [0.25, 0.3) is 11.0 Å². The Hall–Kier alpha value is -4.32. The standard InChI is InChI=1S/C29H25NO5/c1-5-12-34-22-11-6-8-19(15-22)26-25-27(31)23-13-17(2)18(3)14-24(23)35-28(25)29(32)30(26)20-9-7-10-21(16-20)33-4/h5-11,13-16,26H,1,12H2,2-4H3. The summed E-state index contributed by atoms with van der Waals surface area (Å²) in [5.41, 5.74) is 3.80. The second kappa shape index (κ2) is 8.80. The number of amides is 1. The molecule has 6 heteroatoms. The number of benzene rings is 3. The highest BCUT2D eigenvalue weighted by Gasteiger charge is 2.44. The maximum atomic E-state index is 13.9. The highest BCUT2D eigenvalue weighted by atomic mass is 16.5. The van der Waals surface area contributed by atoms with Crippen LogP contribution in [0.2, 0.25) is 0 Å². The molecule has 0 spiro atoms. The molecule has 0 aliphatic carbocycles. The Labute approximate surface area is 203 Å². The monoisotopic (exact) mass is 467 g/mol. The summed E-state index contributed by atoms with van der Waals surface area (Å²) >= 11 is 0. The highest BCUT2D eigenvalue weighted by molar-refractivity contribution is 6.10. The zero-order valence-electron chi connectivity index (χ0n) is 19.8. The fourth-order valence-electron chi connectivity index (χ4n) is 4.50. The molecule has 0 saturated carbocycles. The van der Waals surface area contributed by atoms with E-state index in [0.29, 0.717) is 40.3 Å². The van der Waals surface area contributed by atoms with Crippen molar-refractivity contribution in [3.8, 4) is 11.5 Å². The zero-order chi connectivity index (χ0) is 24.7. The van der Waals surface area contributed by atoms with Crippen LogP contribution in [0.3, 0.4) is 0 Å². The molecule has 1 atom stereocenters. The number of hydrogen-bond donors (Lipinski definition) is 0. The van der Waals surface area contributed by atoms with Crippen LogP contribution >= 0.6 is 0 Å². The molecule has 35 heavy (non-hydrogen) atoms. The van der Waals surface area contributed by atoms with Crippen LogP contribution in [-0.2, 0) is 0 Å². The lowest BCUT2D eigenvalue weighted by Gasteiger charge is -2.26. The van der Waals surface area contributed by atoms with Crippen molar-refractivity contribution >= 4 is 22.6 Å². The Morgan fingerprint density at radius 1 is 1.00 bits per heavy atom. The van der Waals surface area contributed by atoms with Gasteiger partial charge in [0.2, 0.25) is 5.76 Å². The van der Waals surface area contributed by atoms with Crippen LogP contribution in [0.5, 0.6) is 11.5 Å². The van der Waals surface area contributed by atoms with Crippen LogP contribution in [-0.4, -0.2) is 19.6 Å². The fourth-order valence-corrected chi connectivity index (χ4v) is 4.50. The quantitative estimate of drug-likeness (QED) is 0.339. The molecule has 0 N–H and O–H groups in total. The Kier molecular flexibility index (Phi) is 5.65. The molecular formula is C29H25NO5. The molecule has 176 valence electrons. The number of nitrogens with zero attached hydrogens (tertiary/aromatic N) is 1. The van der Waals surface area contributed by atoms with Crippen LogP contribution in [0, 0.1) is 13.8 Å². The summed E-state index contributed by atoms with van der Waals surface area (Å²) in [7, 11) is 1.57. The van der Waals surface area contributed by atoms with Gasteiger partial charge >= 0.3 is 0 Å². The van der Waals surface area contributed by atoms with Crippen molar-refractivity contribution in [3.63, 3.8) is 0 Å². The van der Waals surface area contributed by atoms with Gasteiger partial charge in [0.25, 0.3) is 5.91 Å². The van der Waals surface area contributed by atoms with E-state index >= 15 is 0 Å². The number of methoxy groups -OCH3 is 1. The summed E-state index contributed by atoms with van der Waals surface area (Å²) in [6.07, 6.45) is 1.66. The number of hydrogen-bond acceptors (Lipinski definition) is 5. The summed E-state index contributed by atoms with van der Waals surface area (Å²) in [6, 6.07) is 17.5. The number of carbonyl (C=O) groups is 1. The smallest absolute Gasteiger partial charge is 0.295 e.